The molecule has 0 aromatic heterocycles. The minimum absolute atomic E-state index is 0.254. The van der Waals surface area contributed by atoms with Crippen molar-refractivity contribution in [3.05, 3.63) is 0 Å². The third kappa shape index (κ3) is 1.80. The number of carbonyl (C=O) groups is 2. The maximum atomic E-state index is 11.7. The van der Waals surface area contributed by atoms with E-state index in [9.17, 15) is 9.59 Å². The summed E-state index contributed by atoms with van der Waals surface area (Å²) in [5, 5.41) is 9.09. The zero-order valence-electron chi connectivity index (χ0n) is 9.22. The van der Waals surface area contributed by atoms with Crippen molar-refractivity contribution in [1.29, 1.82) is 0 Å². The molecular formula is C11H16O5. The summed E-state index contributed by atoms with van der Waals surface area (Å²) in [7, 11) is 0. The fourth-order valence-electron chi connectivity index (χ4n) is 2.59. The molecule has 0 amide bonds. The Morgan fingerprint density at radius 2 is 1.94 bits per heavy atom. The largest absolute Gasteiger partial charge is 0.481 e. The lowest BCUT2D eigenvalue weighted by atomic mass is 9.79. The molecule has 0 saturated carbocycles. The van der Waals surface area contributed by atoms with Gasteiger partial charge in [0.05, 0.1) is 30.7 Å². The van der Waals surface area contributed by atoms with Crippen molar-refractivity contribution in [1.82, 2.24) is 0 Å². The highest BCUT2D eigenvalue weighted by Crippen LogP contribution is 2.44. The van der Waals surface area contributed by atoms with Gasteiger partial charge in [-0.1, -0.05) is 6.92 Å². The molecule has 0 aliphatic carbocycles. The molecule has 0 aromatic carbocycles. The molecule has 2 aliphatic heterocycles. The van der Waals surface area contributed by atoms with Crippen LogP contribution in [0.4, 0.5) is 0 Å². The van der Waals surface area contributed by atoms with Crippen molar-refractivity contribution >= 4 is 11.9 Å². The number of fused-ring (bicyclic) bond motifs is 2. The summed E-state index contributed by atoms with van der Waals surface area (Å²) in [6.07, 6.45) is 1.68. The third-order valence-corrected chi connectivity index (χ3v) is 3.28. The molecule has 0 aromatic rings. The lowest BCUT2D eigenvalue weighted by Crippen LogP contribution is -2.39. The first-order valence-corrected chi connectivity index (χ1v) is 5.70. The van der Waals surface area contributed by atoms with E-state index in [1.165, 1.54) is 0 Å². The Balaban J connectivity index is 2.06. The maximum absolute atomic E-state index is 11.7. The number of carboxylic acids is 1. The number of carbonyl (C=O) groups excluding carboxylic acids is 1. The first-order chi connectivity index (χ1) is 7.65. The summed E-state index contributed by atoms with van der Waals surface area (Å²) in [6.45, 7) is 2.25. The van der Waals surface area contributed by atoms with Gasteiger partial charge in [-0.05, 0) is 19.3 Å². The van der Waals surface area contributed by atoms with E-state index in [2.05, 4.69) is 0 Å². The number of esters is 1. The fourth-order valence-corrected chi connectivity index (χ4v) is 2.59. The highest BCUT2D eigenvalue weighted by atomic mass is 16.5. The number of rotatable bonds is 4. The number of hydrogen-bond acceptors (Lipinski definition) is 4. The molecule has 5 nitrogen and oxygen atoms in total. The van der Waals surface area contributed by atoms with Crippen molar-refractivity contribution in [2.24, 2.45) is 11.8 Å². The van der Waals surface area contributed by atoms with Crippen LogP contribution < -0.4 is 0 Å². The number of hydrogen-bond donors (Lipinski definition) is 1. The van der Waals surface area contributed by atoms with E-state index in [0.717, 1.165) is 19.3 Å². The topological polar surface area (TPSA) is 72.8 Å². The van der Waals surface area contributed by atoms with Crippen LogP contribution in [0.5, 0.6) is 0 Å². The summed E-state index contributed by atoms with van der Waals surface area (Å²) >= 11 is 0. The Morgan fingerprint density at radius 3 is 2.50 bits per heavy atom. The van der Waals surface area contributed by atoms with E-state index >= 15 is 0 Å². The van der Waals surface area contributed by atoms with Crippen LogP contribution in [-0.2, 0) is 19.1 Å². The van der Waals surface area contributed by atoms with Crippen LogP contribution >= 0.6 is 0 Å². The standard InChI is InChI=1S/C11H16O5/c1-2-5-15-11(14)9-7-4-3-6(16-7)8(9)10(12)13/h6-9H,2-5H2,1H3,(H,12,13)/t6-,7-,8-,9-/m0/s1. The minimum Gasteiger partial charge on any atom is -0.481 e. The van der Waals surface area contributed by atoms with Gasteiger partial charge in [0.25, 0.3) is 0 Å². The molecule has 0 unspecified atom stereocenters. The molecule has 1 N–H and O–H groups in total. The number of ether oxygens (including phenoxy) is 2. The molecule has 0 spiro atoms. The van der Waals surface area contributed by atoms with Gasteiger partial charge in [-0.25, -0.2) is 0 Å². The van der Waals surface area contributed by atoms with Gasteiger partial charge in [0.15, 0.2) is 0 Å². The first kappa shape index (κ1) is 11.4. The summed E-state index contributed by atoms with van der Waals surface area (Å²) in [5.74, 6) is -2.70. The van der Waals surface area contributed by atoms with Crippen molar-refractivity contribution in [2.75, 3.05) is 6.61 Å². The van der Waals surface area contributed by atoms with Crippen molar-refractivity contribution in [3.63, 3.8) is 0 Å². The number of aliphatic carboxylic acids is 1. The highest BCUT2D eigenvalue weighted by molar-refractivity contribution is 5.83. The Hall–Kier alpha value is -1.10. The summed E-state index contributed by atoms with van der Waals surface area (Å²) in [4.78, 5) is 22.8. The smallest absolute Gasteiger partial charge is 0.312 e. The summed E-state index contributed by atoms with van der Waals surface area (Å²) in [6, 6.07) is 0. The number of carboxylic acid groups (broad SMARTS) is 1. The van der Waals surface area contributed by atoms with Crippen LogP contribution in [0.25, 0.3) is 0 Å². The minimum atomic E-state index is -0.953. The Labute approximate surface area is 93.7 Å². The first-order valence-electron chi connectivity index (χ1n) is 5.70. The predicted octanol–water partition coefficient (Wildman–Crippen LogP) is 0.818. The second kappa shape index (κ2) is 4.41. The molecule has 2 saturated heterocycles. The Kier molecular flexibility index (Phi) is 3.14. The zero-order valence-corrected chi connectivity index (χ0v) is 9.22. The Bertz CT molecular complexity index is 301. The second-order valence-electron chi connectivity index (χ2n) is 4.35. The average molecular weight is 228 g/mol. The normalized spacial score (nSPS) is 36.3. The lowest BCUT2D eigenvalue weighted by Gasteiger charge is -2.22. The van der Waals surface area contributed by atoms with Gasteiger partial charge in [0, 0.05) is 0 Å². The van der Waals surface area contributed by atoms with Gasteiger partial charge in [0.1, 0.15) is 0 Å². The van der Waals surface area contributed by atoms with E-state index in [0.29, 0.717) is 6.61 Å². The molecule has 2 rings (SSSR count). The fraction of sp³-hybridized carbons (Fsp3) is 0.818. The van der Waals surface area contributed by atoms with E-state index < -0.39 is 23.8 Å². The predicted molar refractivity (Wildman–Crippen MR) is 53.8 cm³/mol. The average Bonchev–Trinajstić information content (AvgIpc) is 2.84. The maximum Gasteiger partial charge on any atom is 0.312 e. The van der Waals surface area contributed by atoms with Gasteiger partial charge in [-0.2, -0.15) is 0 Å². The van der Waals surface area contributed by atoms with E-state index in [1.54, 1.807) is 0 Å². The zero-order chi connectivity index (χ0) is 11.7. The van der Waals surface area contributed by atoms with Crippen molar-refractivity contribution in [3.8, 4) is 0 Å². The summed E-state index contributed by atoms with van der Waals surface area (Å²) in [5.41, 5.74) is 0. The second-order valence-corrected chi connectivity index (χ2v) is 4.35. The van der Waals surface area contributed by atoms with Crippen LogP contribution in [-0.4, -0.2) is 35.9 Å². The van der Waals surface area contributed by atoms with Gasteiger partial charge >= 0.3 is 11.9 Å². The Morgan fingerprint density at radius 1 is 1.31 bits per heavy atom. The quantitative estimate of drug-likeness (QED) is 0.721. The van der Waals surface area contributed by atoms with E-state index in [1.807, 2.05) is 6.92 Å². The third-order valence-electron chi connectivity index (χ3n) is 3.28. The molecule has 2 heterocycles. The van der Waals surface area contributed by atoms with Crippen LogP contribution in [0.1, 0.15) is 26.2 Å². The van der Waals surface area contributed by atoms with Gasteiger partial charge in [-0.15, -0.1) is 0 Å². The molecule has 4 atom stereocenters. The molecule has 2 bridgehead atoms. The molecule has 2 fully saturated rings. The molecule has 0 radical (unpaired) electrons. The lowest BCUT2D eigenvalue weighted by molar-refractivity contribution is -0.158. The molecule has 5 heteroatoms. The molecular weight excluding hydrogens is 212 g/mol. The van der Waals surface area contributed by atoms with Gasteiger partial charge in [-0.3, -0.25) is 9.59 Å². The van der Waals surface area contributed by atoms with Crippen LogP contribution in [0.15, 0.2) is 0 Å². The van der Waals surface area contributed by atoms with Crippen LogP contribution in [0, 0.1) is 11.8 Å². The molecule has 90 valence electrons. The van der Waals surface area contributed by atoms with E-state index in [-0.39, 0.29) is 12.2 Å². The van der Waals surface area contributed by atoms with Crippen molar-refractivity contribution in [2.45, 2.75) is 38.4 Å². The van der Waals surface area contributed by atoms with Gasteiger partial charge < -0.3 is 14.6 Å². The molecule has 16 heavy (non-hydrogen) atoms. The van der Waals surface area contributed by atoms with Crippen LogP contribution in [0.2, 0.25) is 0 Å². The summed E-state index contributed by atoms with van der Waals surface area (Å²) < 4.78 is 10.5. The van der Waals surface area contributed by atoms with Crippen LogP contribution in [0.3, 0.4) is 0 Å². The SMILES string of the molecule is CCCOC(=O)[C@@H]1[C@@H](C(=O)O)[C@@H]2CC[C@@H]1O2. The molecule has 2 aliphatic rings. The van der Waals surface area contributed by atoms with Gasteiger partial charge in [0.2, 0.25) is 0 Å². The van der Waals surface area contributed by atoms with E-state index in [4.69, 9.17) is 14.6 Å². The monoisotopic (exact) mass is 228 g/mol. The highest BCUT2D eigenvalue weighted by Gasteiger charge is 2.56. The van der Waals surface area contributed by atoms with Crippen molar-refractivity contribution < 1.29 is 24.2 Å².